The smallest absolute Gasteiger partial charge is 0.335 e. The molecule has 1 atom stereocenters. The SMILES string of the molecule is NC(COC1(C(=O)O)CCCC1)Cc1ccccc1. The van der Waals surface area contributed by atoms with Gasteiger partial charge in [-0.25, -0.2) is 4.79 Å². The van der Waals surface area contributed by atoms with E-state index in [2.05, 4.69) is 0 Å². The fourth-order valence-electron chi connectivity index (χ4n) is 2.61. The van der Waals surface area contributed by atoms with E-state index in [1.54, 1.807) is 0 Å². The number of aliphatic carboxylic acids is 1. The van der Waals surface area contributed by atoms with E-state index in [0.717, 1.165) is 18.4 Å². The number of hydrogen-bond acceptors (Lipinski definition) is 3. The number of hydrogen-bond donors (Lipinski definition) is 2. The van der Waals surface area contributed by atoms with Crippen LogP contribution in [-0.4, -0.2) is 29.3 Å². The molecule has 1 aliphatic carbocycles. The molecule has 4 nitrogen and oxygen atoms in total. The van der Waals surface area contributed by atoms with Crippen molar-refractivity contribution in [3.05, 3.63) is 35.9 Å². The van der Waals surface area contributed by atoms with Crippen molar-refractivity contribution in [3.8, 4) is 0 Å². The lowest BCUT2D eigenvalue weighted by molar-refractivity contribution is -0.165. The molecule has 1 saturated carbocycles. The van der Waals surface area contributed by atoms with E-state index < -0.39 is 11.6 Å². The summed E-state index contributed by atoms with van der Waals surface area (Å²) in [5, 5.41) is 9.30. The molecule has 0 aliphatic heterocycles. The molecule has 0 aromatic heterocycles. The van der Waals surface area contributed by atoms with Crippen molar-refractivity contribution in [1.82, 2.24) is 0 Å². The Labute approximate surface area is 113 Å². The topological polar surface area (TPSA) is 72.5 Å². The van der Waals surface area contributed by atoms with E-state index in [4.69, 9.17) is 10.5 Å². The zero-order chi connectivity index (χ0) is 13.7. The van der Waals surface area contributed by atoms with Crippen LogP contribution in [0.25, 0.3) is 0 Å². The van der Waals surface area contributed by atoms with Gasteiger partial charge >= 0.3 is 5.97 Å². The highest BCUT2D eigenvalue weighted by Crippen LogP contribution is 2.33. The van der Waals surface area contributed by atoms with Crippen LogP contribution in [0.5, 0.6) is 0 Å². The van der Waals surface area contributed by atoms with Gasteiger partial charge in [-0.2, -0.15) is 0 Å². The van der Waals surface area contributed by atoms with Crippen LogP contribution in [0.1, 0.15) is 31.2 Å². The molecular weight excluding hydrogens is 242 g/mol. The lowest BCUT2D eigenvalue weighted by atomic mass is 10.0. The van der Waals surface area contributed by atoms with Crippen LogP contribution in [0, 0.1) is 0 Å². The standard InChI is InChI=1S/C15H21NO3/c16-13(10-12-6-2-1-3-7-12)11-19-15(14(17)18)8-4-5-9-15/h1-3,6-7,13H,4-5,8-11,16H2,(H,17,18). The molecule has 0 amide bonds. The summed E-state index contributed by atoms with van der Waals surface area (Å²) in [6.45, 7) is 0.293. The Hall–Kier alpha value is -1.39. The first-order valence-electron chi connectivity index (χ1n) is 6.79. The lowest BCUT2D eigenvalue weighted by Crippen LogP contribution is -2.42. The maximum atomic E-state index is 11.3. The number of carbonyl (C=O) groups is 1. The Bertz CT molecular complexity index is 413. The van der Waals surface area contributed by atoms with Crippen LogP contribution in [0.2, 0.25) is 0 Å². The van der Waals surface area contributed by atoms with Crippen molar-refractivity contribution in [1.29, 1.82) is 0 Å². The molecule has 0 heterocycles. The molecular formula is C15H21NO3. The second-order valence-corrected chi connectivity index (χ2v) is 5.27. The van der Waals surface area contributed by atoms with E-state index >= 15 is 0 Å². The minimum absolute atomic E-state index is 0.167. The quantitative estimate of drug-likeness (QED) is 0.823. The number of ether oxygens (including phenoxy) is 1. The summed E-state index contributed by atoms with van der Waals surface area (Å²) in [5.41, 5.74) is 6.18. The van der Waals surface area contributed by atoms with E-state index in [1.807, 2.05) is 30.3 Å². The Balaban J connectivity index is 1.86. The van der Waals surface area contributed by atoms with E-state index in [0.29, 0.717) is 25.9 Å². The molecule has 104 valence electrons. The predicted octanol–water partition coefficient (Wildman–Crippen LogP) is 1.97. The molecule has 2 rings (SSSR count). The van der Waals surface area contributed by atoms with Gasteiger partial charge in [0.1, 0.15) is 0 Å². The third kappa shape index (κ3) is 3.55. The van der Waals surface area contributed by atoms with Crippen molar-refractivity contribution in [3.63, 3.8) is 0 Å². The fourth-order valence-corrected chi connectivity index (χ4v) is 2.61. The maximum absolute atomic E-state index is 11.3. The predicted molar refractivity (Wildman–Crippen MR) is 72.9 cm³/mol. The Morgan fingerprint density at radius 1 is 1.32 bits per heavy atom. The summed E-state index contributed by atoms with van der Waals surface area (Å²) in [7, 11) is 0. The van der Waals surface area contributed by atoms with Gasteiger partial charge < -0.3 is 15.6 Å². The first kappa shape index (κ1) is 14.0. The summed E-state index contributed by atoms with van der Waals surface area (Å²) in [5.74, 6) is -0.850. The van der Waals surface area contributed by atoms with Crippen LogP contribution in [0.15, 0.2) is 30.3 Å². The maximum Gasteiger partial charge on any atom is 0.335 e. The third-order valence-electron chi connectivity index (χ3n) is 3.72. The van der Waals surface area contributed by atoms with Crippen molar-refractivity contribution >= 4 is 5.97 Å². The van der Waals surface area contributed by atoms with E-state index in [-0.39, 0.29) is 6.04 Å². The van der Waals surface area contributed by atoms with Gasteiger partial charge in [0.25, 0.3) is 0 Å². The van der Waals surface area contributed by atoms with Crippen molar-refractivity contribution in [2.45, 2.75) is 43.7 Å². The second kappa shape index (κ2) is 6.17. The fraction of sp³-hybridized carbons (Fsp3) is 0.533. The summed E-state index contributed by atoms with van der Waals surface area (Å²) in [6, 6.07) is 9.77. The summed E-state index contributed by atoms with van der Waals surface area (Å²) in [6.07, 6.45) is 3.73. The zero-order valence-corrected chi connectivity index (χ0v) is 11.0. The van der Waals surface area contributed by atoms with Crippen LogP contribution in [0.4, 0.5) is 0 Å². The highest BCUT2D eigenvalue weighted by molar-refractivity contribution is 5.77. The average Bonchev–Trinajstić information content (AvgIpc) is 2.88. The first-order chi connectivity index (χ1) is 9.12. The molecule has 4 heteroatoms. The molecule has 19 heavy (non-hydrogen) atoms. The van der Waals surface area contributed by atoms with Gasteiger partial charge in [-0.3, -0.25) is 0 Å². The van der Waals surface area contributed by atoms with E-state index in [9.17, 15) is 9.90 Å². The first-order valence-corrected chi connectivity index (χ1v) is 6.79. The van der Waals surface area contributed by atoms with Crippen LogP contribution < -0.4 is 5.73 Å². The summed E-state index contributed by atoms with van der Waals surface area (Å²) < 4.78 is 5.66. The molecule has 1 aliphatic rings. The minimum atomic E-state index is -0.992. The number of carboxylic acid groups (broad SMARTS) is 1. The Morgan fingerprint density at radius 3 is 2.53 bits per heavy atom. The zero-order valence-electron chi connectivity index (χ0n) is 11.0. The lowest BCUT2D eigenvalue weighted by Gasteiger charge is -2.26. The number of rotatable bonds is 6. The van der Waals surface area contributed by atoms with Gasteiger partial charge in [-0.1, -0.05) is 30.3 Å². The number of nitrogens with two attached hydrogens (primary N) is 1. The minimum Gasteiger partial charge on any atom is -0.479 e. The van der Waals surface area contributed by atoms with Gasteiger partial charge in [-0.05, 0) is 37.7 Å². The molecule has 3 N–H and O–H groups in total. The average molecular weight is 263 g/mol. The van der Waals surface area contributed by atoms with Crippen molar-refractivity contribution in [2.75, 3.05) is 6.61 Å². The molecule has 1 aromatic carbocycles. The summed E-state index contributed by atoms with van der Waals surface area (Å²) in [4.78, 5) is 11.3. The molecule has 1 unspecified atom stereocenters. The third-order valence-corrected chi connectivity index (χ3v) is 3.72. The summed E-state index contributed by atoms with van der Waals surface area (Å²) >= 11 is 0. The van der Waals surface area contributed by atoms with Gasteiger partial charge in [0, 0.05) is 6.04 Å². The van der Waals surface area contributed by atoms with E-state index in [1.165, 1.54) is 0 Å². The molecule has 1 fully saturated rings. The number of carboxylic acids is 1. The van der Waals surface area contributed by atoms with Crippen LogP contribution in [-0.2, 0) is 16.0 Å². The molecule has 0 radical (unpaired) electrons. The van der Waals surface area contributed by atoms with Gasteiger partial charge in [0.15, 0.2) is 5.60 Å². The Kier molecular flexibility index (Phi) is 4.56. The molecule has 1 aromatic rings. The van der Waals surface area contributed by atoms with Gasteiger partial charge in [0.2, 0.25) is 0 Å². The normalized spacial score (nSPS) is 19.2. The van der Waals surface area contributed by atoms with Crippen molar-refractivity contribution in [2.24, 2.45) is 5.73 Å². The monoisotopic (exact) mass is 263 g/mol. The second-order valence-electron chi connectivity index (χ2n) is 5.27. The highest BCUT2D eigenvalue weighted by Gasteiger charge is 2.42. The molecule has 0 spiro atoms. The van der Waals surface area contributed by atoms with Gasteiger partial charge in [-0.15, -0.1) is 0 Å². The van der Waals surface area contributed by atoms with Crippen molar-refractivity contribution < 1.29 is 14.6 Å². The van der Waals surface area contributed by atoms with Crippen LogP contribution >= 0.6 is 0 Å². The van der Waals surface area contributed by atoms with Gasteiger partial charge in [0.05, 0.1) is 6.61 Å². The molecule has 0 saturated heterocycles. The van der Waals surface area contributed by atoms with Crippen LogP contribution in [0.3, 0.4) is 0 Å². The largest absolute Gasteiger partial charge is 0.479 e. The number of benzene rings is 1. The highest BCUT2D eigenvalue weighted by atomic mass is 16.5. The Morgan fingerprint density at radius 2 is 1.95 bits per heavy atom. The molecule has 0 bridgehead atoms.